The lowest BCUT2D eigenvalue weighted by atomic mass is 9.52. The molecule has 1 saturated carbocycles. The van der Waals surface area contributed by atoms with E-state index in [2.05, 4.69) is 17.5 Å². The van der Waals surface area contributed by atoms with E-state index < -0.39 is 10.1 Å². The summed E-state index contributed by atoms with van der Waals surface area (Å²) in [6.45, 7) is 6.00. The molecule has 2 bridgehead atoms. The summed E-state index contributed by atoms with van der Waals surface area (Å²) in [6.07, 6.45) is 10.4. The summed E-state index contributed by atoms with van der Waals surface area (Å²) in [5, 5.41) is 0. The number of hydrogen-bond acceptors (Lipinski definition) is 4. The van der Waals surface area contributed by atoms with E-state index in [-0.39, 0.29) is 5.41 Å². The molecule has 0 spiro atoms. The topological polar surface area (TPSA) is 46.6 Å². The van der Waals surface area contributed by atoms with Crippen LogP contribution in [0.5, 0.6) is 5.75 Å². The van der Waals surface area contributed by atoms with Crippen molar-refractivity contribution < 1.29 is 12.6 Å². The van der Waals surface area contributed by atoms with E-state index in [4.69, 9.17) is 4.18 Å². The lowest BCUT2D eigenvalue weighted by molar-refractivity contribution is -0.00513. The molecule has 1 aromatic rings. The Morgan fingerprint density at radius 1 is 1.36 bits per heavy atom. The molecular formula is C20H27NO3S. The zero-order chi connectivity index (χ0) is 17.7. The zero-order valence-corrected chi connectivity index (χ0v) is 15.7. The first-order valence-corrected chi connectivity index (χ1v) is 11.1. The van der Waals surface area contributed by atoms with Crippen molar-refractivity contribution in [3.8, 4) is 5.75 Å². The van der Waals surface area contributed by atoms with Crippen LogP contribution in [0, 0.1) is 5.92 Å². The molecule has 0 N–H and O–H groups in total. The maximum Gasteiger partial charge on any atom is 0.306 e. The third-order valence-corrected chi connectivity index (χ3v) is 7.03. The molecule has 0 amide bonds. The van der Waals surface area contributed by atoms with Gasteiger partial charge in [0.05, 0.1) is 6.26 Å². The van der Waals surface area contributed by atoms with Gasteiger partial charge in [0.15, 0.2) is 0 Å². The van der Waals surface area contributed by atoms with Crippen molar-refractivity contribution in [1.82, 2.24) is 4.90 Å². The summed E-state index contributed by atoms with van der Waals surface area (Å²) < 4.78 is 28.3. The third kappa shape index (κ3) is 2.91. The van der Waals surface area contributed by atoms with Crippen molar-refractivity contribution >= 4 is 10.1 Å². The Morgan fingerprint density at radius 3 is 2.96 bits per heavy atom. The number of nitrogens with zero attached hydrogens (tertiary/aromatic N) is 1. The van der Waals surface area contributed by atoms with E-state index in [0.717, 1.165) is 32.2 Å². The molecule has 3 atom stereocenters. The van der Waals surface area contributed by atoms with Crippen LogP contribution >= 0.6 is 0 Å². The van der Waals surface area contributed by atoms with Gasteiger partial charge >= 0.3 is 10.1 Å². The molecule has 25 heavy (non-hydrogen) atoms. The Kier molecular flexibility index (Phi) is 4.19. The molecule has 1 heterocycles. The van der Waals surface area contributed by atoms with E-state index in [9.17, 15) is 8.42 Å². The van der Waals surface area contributed by atoms with Crippen molar-refractivity contribution in [1.29, 1.82) is 0 Å². The summed E-state index contributed by atoms with van der Waals surface area (Å²) >= 11 is 0. The lowest BCUT2D eigenvalue weighted by Gasteiger charge is -2.59. The van der Waals surface area contributed by atoms with E-state index in [0.29, 0.717) is 17.7 Å². The molecule has 1 aliphatic heterocycles. The van der Waals surface area contributed by atoms with Crippen LogP contribution in [-0.4, -0.2) is 38.7 Å². The van der Waals surface area contributed by atoms with Crippen LogP contribution < -0.4 is 4.18 Å². The summed E-state index contributed by atoms with van der Waals surface area (Å²) in [5.41, 5.74) is 2.93. The van der Waals surface area contributed by atoms with Crippen LogP contribution in [0.3, 0.4) is 0 Å². The van der Waals surface area contributed by atoms with Crippen molar-refractivity contribution in [2.45, 2.75) is 50.0 Å². The summed E-state index contributed by atoms with van der Waals surface area (Å²) in [6, 6.07) is 6.51. The van der Waals surface area contributed by atoms with Crippen LogP contribution in [0.1, 0.15) is 43.2 Å². The molecule has 4 rings (SSSR count). The molecule has 136 valence electrons. The van der Waals surface area contributed by atoms with Gasteiger partial charge in [-0.25, -0.2) is 0 Å². The summed E-state index contributed by atoms with van der Waals surface area (Å²) in [4.78, 5) is 2.60. The zero-order valence-electron chi connectivity index (χ0n) is 14.9. The second-order valence-corrected chi connectivity index (χ2v) is 9.49. The van der Waals surface area contributed by atoms with Crippen molar-refractivity contribution in [3.63, 3.8) is 0 Å². The first kappa shape index (κ1) is 17.1. The summed E-state index contributed by atoms with van der Waals surface area (Å²) in [5.74, 6) is 1.13. The first-order chi connectivity index (χ1) is 11.9. The van der Waals surface area contributed by atoms with Crippen LogP contribution in [0.4, 0.5) is 0 Å². The molecule has 2 fully saturated rings. The van der Waals surface area contributed by atoms with Gasteiger partial charge in [-0.2, -0.15) is 8.42 Å². The molecule has 1 aromatic carbocycles. The van der Waals surface area contributed by atoms with Gasteiger partial charge in [0.1, 0.15) is 5.75 Å². The maximum atomic E-state index is 11.5. The van der Waals surface area contributed by atoms with Crippen LogP contribution in [0.15, 0.2) is 30.9 Å². The highest BCUT2D eigenvalue weighted by molar-refractivity contribution is 7.86. The average Bonchev–Trinajstić information content (AvgIpc) is 2.56. The van der Waals surface area contributed by atoms with E-state index in [1.807, 2.05) is 18.2 Å². The van der Waals surface area contributed by atoms with Gasteiger partial charge in [0, 0.05) is 18.0 Å². The fourth-order valence-electron chi connectivity index (χ4n) is 5.68. The van der Waals surface area contributed by atoms with Gasteiger partial charge in [0.2, 0.25) is 0 Å². The molecule has 3 unspecified atom stereocenters. The minimum atomic E-state index is -3.49. The third-order valence-electron chi connectivity index (χ3n) is 6.53. The first-order valence-electron chi connectivity index (χ1n) is 9.31. The molecule has 2 aliphatic carbocycles. The number of fused-ring (bicyclic) bond motifs is 1. The second kappa shape index (κ2) is 6.13. The predicted molar refractivity (Wildman–Crippen MR) is 99.4 cm³/mol. The van der Waals surface area contributed by atoms with Gasteiger partial charge in [-0.15, -0.1) is 6.58 Å². The van der Waals surface area contributed by atoms with Gasteiger partial charge < -0.3 is 4.18 Å². The lowest BCUT2D eigenvalue weighted by Crippen LogP contribution is -2.60. The average molecular weight is 362 g/mol. The number of likely N-dealkylation sites (tertiary alicyclic amines) is 1. The highest BCUT2D eigenvalue weighted by atomic mass is 32.2. The smallest absolute Gasteiger partial charge is 0.306 e. The molecular weight excluding hydrogens is 334 g/mol. The highest BCUT2D eigenvalue weighted by Gasteiger charge is 2.53. The Bertz CT molecular complexity index is 788. The number of rotatable bonds is 4. The molecule has 4 nitrogen and oxygen atoms in total. The number of piperidine rings is 1. The van der Waals surface area contributed by atoms with Gasteiger partial charge in [-0.3, -0.25) is 4.90 Å². The minimum Gasteiger partial charge on any atom is -0.383 e. The van der Waals surface area contributed by atoms with Crippen LogP contribution in [-0.2, 0) is 22.0 Å². The maximum absolute atomic E-state index is 11.5. The van der Waals surface area contributed by atoms with Gasteiger partial charge in [-0.1, -0.05) is 25.0 Å². The Morgan fingerprint density at radius 2 is 2.20 bits per heavy atom. The quantitative estimate of drug-likeness (QED) is 0.610. The SMILES string of the molecule is C=CCN1CCC23CCCCC2C1Cc1ccc(OS(C)(=O)=O)cc13. The van der Waals surface area contributed by atoms with Gasteiger partial charge in [0.25, 0.3) is 0 Å². The predicted octanol–water partition coefficient (Wildman–Crippen LogP) is 3.27. The highest BCUT2D eigenvalue weighted by Crippen LogP contribution is 2.56. The second-order valence-electron chi connectivity index (χ2n) is 7.92. The van der Waals surface area contributed by atoms with Gasteiger partial charge in [-0.05, 0) is 61.4 Å². The molecule has 3 aliphatic rings. The van der Waals surface area contributed by atoms with E-state index in [1.165, 1.54) is 36.8 Å². The van der Waals surface area contributed by atoms with E-state index >= 15 is 0 Å². The molecule has 1 saturated heterocycles. The fourth-order valence-corrected chi connectivity index (χ4v) is 6.14. The largest absolute Gasteiger partial charge is 0.383 e. The Hall–Kier alpha value is -1.33. The molecule has 0 radical (unpaired) electrons. The molecule has 0 aromatic heterocycles. The fraction of sp³-hybridized carbons (Fsp3) is 0.600. The summed E-state index contributed by atoms with van der Waals surface area (Å²) in [7, 11) is -3.49. The van der Waals surface area contributed by atoms with Crippen LogP contribution in [0.25, 0.3) is 0 Å². The molecule has 5 heteroatoms. The monoisotopic (exact) mass is 361 g/mol. The number of hydrogen-bond donors (Lipinski definition) is 0. The number of benzene rings is 1. The standard InChI is InChI=1S/C20H27NO3S/c1-3-11-21-12-10-20-9-5-4-6-17(20)19(21)13-15-7-8-16(14-18(15)20)24-25(2,22)23/h3,7-8,14,17,19H,1,4-6,9-13H2,2H3. The van der Waals surface area contributed by atoms with Crippen molar-refractivity contribution in [2.75, 3.05) is 19.3 Å². The Labute approximate surface area is 151 Å². The van der Waals surface area contributed by atoms with Crippen molar-refractivity contribution in [3.05, 3.63) is 42.0 Å². The minimum absolute atomic E-state index is 0.199. The van der Waals surface area contributed by atoms with Crippen LogP contribution in [0.2, 0.25) is 0 Å². The van der Waals surface area contributed by atoms with Crippen molar-refractivity contribution in [2.24, 2.45) is 5.92 Å². The normalized spacial score (nSPS) is 31.7. The Balaban J connectivity index is 1.78. The van der Waals surface area contributed by atoms with E-state index in [1.54, 1.807) is 0 Å².